The number of anilines is 1. The Morgan fingerprint density at radius 2 is 1.77 bits per heavy atom. The molecule has 0 atom stereocenters. The first-order valence-corrected chi connectivity index (χ1v) is 10.5. The number of likely N-dealkylation sites (tertiary alicyclic amines) is 1. The Morgan fingerprint density at radius 3 is 2.35 bits per heavy atom. The normalized spacial score (nSPS) is 19.3. The Labute approximate surface area is 168 Å². The van der Waals surface area contributed by atoms with E-state index in [0.717, 1.165) is 25.1 Å². The number of nitrogens with one attached hydrogen (secondary N) is 1. The third-order valence-electron chi connectivity index (χ3n) is 4.96. The van der Waals surface area contributed by atoms with Crippen LogP contribution in [-0.4, -0.2) is 52.0 Å². The second-order valence-electron chi connectivity index (χ2n) is 6.95. The summed E-state index contributed by atoms with van der Waals surface area (Å²) >= 11 is 14.1. The first-order chi connectivity index (χ1) is 12.3. The number of carbonyl (C=O) groups is 2. The number of urea groups is 1. The van der Waals surface area contributed by atoms with Crippen molar-refractivity contribution in [2.45, 2.75) is 31.6 Å². The molecule has 142 valence electrons. The molecule has 0 aromatic heterocycles. The number of benzene rings is 1. The second kappa shape index (κ2) is 7.87. The Balaban J connectivity index is 1.65. The Hall–Kier alpha value is -1.11. The van der Waals surface area contributed by atoms with E-state index in [4.69, 9.17) is 23.2 Å². The van der Waals surface area contributed by atoms with Gasteiger partial charge in [0, 0.05) is 31.3 Å². The lowest BCUT2D eigenvalue weighted by Crippen LogP contribution is -2.55. The quantitative estimate of drug-likeness (QED) is 0.770. The Morgan fingerprint density at radius 1 is 1.15 bits per heavy atom. The van der Waals surface area contributed by atoms with Crippen LogP contribution >= 0.6 is 35.0 Å². The summed E-state index contributed by atoms with van der Waals surface area (Å²) in [4.78, 5) is 28.8. The number of nitrogens with zero attached hydrogens (tertiary/aromatic N) is 2. The number of amides is 3. The molecule has 3 amide bonds. The summed E-state index contributed by atoms with van der Waals surface area (Å²) in [5.74, 6) is 1.16. The van der Waals surface area contributed by atoms with Crippen LogP contribution < -0.4 is 5.32 Å². The minimum Gasteiger partial charge on any atom is -0.327 e. The highest BCUT2D eigenvalue weighted by Crippen LogP contribution is 2.44. The van der Waals surface area contributed by atoms with Gasteiger partial charge in [0.05, 0.1) is 20.6 Å². The van der Waals surface area contributed by atoms with E-state index in [-0.39, 0.29) is 22.7 Å². The van der Waals surface area contributed by atoms with E-state index in [1.165, 1.54) is 0 Å². The topological polar surface area (TPSA) is 52.7 Å². The molecule has 2 fully saturated rings. The van der Waals surface area contributed by atoms with Crippen LogP contribution in [0.1, 0.15) is 26.7 Å². The van der Waals surface area contributed by atoms with Crippen LogP contribution in [0, 0.1) is 5.92 Å². The van der Waals surface area contributed by atoms with Crippen molar-refractivity contribution in [3.05, 3.63) is 28.2 Å². The van der Waals surface area contributed by atoms with Crippen molar-refractivity contribution in [3.63, 3.8) is 0 Å². The summed E-state index contributed by atoms with van der Waals surface area (Å²) in [6, 6.07) is 4.92. The maximum absolute atomic E-state index is 12.6. The fourth-order valence-electron chi connectivity index (χ4n) is 3.51. The molecule has 2 aliphatic heterocycles. The molecule has 2 heterocycles. The van der Waals surface area contributed by atoms with Gasteiger partial charge >= 0.3 is 6.03 Å². The summed E-state index contributed by atoms with van der Waals surface area (Å²) in [6.07, 6.45) is 1.56. The standard InChI is InChI=1S/C18H23Cl2N3O2S/c1-12(2)16(24)23-10-11-26-18(23)6-8-22(9-7-18)17(25)21-15-13(19)4-3-5-14(15)20/h3-5,12H,6-11H2,1-2H3,(H,21,25). The number of hydrogen-bond acceptors (Lipinski definition) is 3. The Bertz CT molecular complexity index is 685. The molecule has 1 N–H and O–H groups in total. The van der Waals surface area contributed by atoms with E-state index in [2.05, 4.69) is 5.32 Å². The lowest BCUT2D eigenvalue weighted by atomic mass is 10.0. The molecule has 2 aliphatic rings. The zero-order valence-corrected chi connectivity index (χ0v) is 17.3. The molecule has 8 heteroatoms. The summed E-state index contributed by atoms with van der Waals surface area (Å²) in [5, 5.41) is 3.65. The molecule has 0 bridgehead atoms. The molecule has 1 aromatic carbocycles. The van der Waals surface area contributed by atoms with Crippen molar-refractivity contribution in [2.24, 2.45) is 5.92 Å². The van der Waals surface area contributed by atoms with E-state index in [9.17, 15) is 9.59 Å². The van der Waals surface area contributed by atoms with Gasteiger partial charge in [-0.25, -0.2) is 4.79 Å². The minimum atomic E-state index is -0.209. The molecular weight excluding hydrogens is 393 g/mol. The molecular formula is C18H23Cl2N3O2S. The van der Waals surface area contributed by atoms with Crippen molar-refractivity contribution in [1.82, 2.24) is 9.80 Å². The zero-order valence-electron chi connectivity index (χ0n) is 14.9. The van der Waals surface area contributed by atoms with Crippen molar-refractivity contribution in [3.8, 4) is 0 Å². The van der Waals surface area contributed by atoms with Gasteiger partial charge in [-0.1, -0.05) is 43.1 Å². The molecule has 1 spiro atoms. The number of carbonyl (C=O) groups excluding carboxylic acids is 2. The van der Waals surface area contributed by atoms with Crippen LogP contribution in [0.3, 0.4) is 0 Å². The monoisotopic (exact) mass is 415 g/mol. The van der Waals surface area contributed by atoms with Crippen LogP contribution in [0.4, 0.5) is 10.5 Å². The first kappa shape index (κ1) is 19.6. The van der Waals surface area contributed by atoms with Crippen LogP contribution in [0.5, 0.6) is 0 Å². The molecule has 5 nitrogen and oxygen atoms in total. The van der Waals surface area contributed by atoms with E-state index >= 15 is 0 Å². The number of piperidine rings is 1. The van der Waals surface area contributed by atoms with Gasteiger partial charge in [-0.15, -0.1) is 11.8 Å². The average Bonchev–Trinajstić information content (AvgIpc) is 3.01. The van der Waals surface area contributed by atoms with Crippen molar-refractivity contribution < 1.29 is 9.59 Å². The maximum Gasteiger partial charge on any atom is 0.321 e. The highest BCUT2D eigenvalue weighted by Gasteiger charge is 2.47. The second-order valence-corrected chi connectivity index (χ2v) is 9.22. The van der Waals surface area contributed by atoms with Crippen LogP contribution in [0.25, 0.3) is 0 Å². The SMILES string of the molecule is CC(C)C(=O)N1CCSC12CCN(C(=O)Nc1c(Cl)cccc1Cl)CC2. The number of thioether (sulfide) groups is 1. The van der Waals surface area contributed by atoms with Gasteiger partial charge in [-0.2, -0.15) is 0 Å². The van der Waals surface area contributed by atoms with Gasteiger partial charge in [-0.3, -0.25) is 4.79 Å². The third-order valence-corrected chi connectivity index (χ3v) is 7.15. The fraction of sp³-hybridized carbons (Fsp3) is 0.556. The average molecular weight is 416 g/mol. The van der Waals surface area contributed by atoms with Gasteiger partial charge in [0.25, 0.3) is 0 Å². The van der Waals surface area contributed by atoms with Crippen LogP contribution in [0.2, 0.25) is 10.0 Å². The Kier molecular flexibility index (Phi) is 5.94. The fourth-order valence-corrected chi connectivity index (χ4v) is 5.46. The number of halogens is 2. The summed E-state index contributed by atoms with van der Waals surface area (Å²) in [5.41, 5.74) is 0.438. The first-order valence-electron chi connectivity index (χ1n) is 8.79. The maximum atomic E-state index is 12.6. The summed E-state index contributed by atoms with van der Waals surface area (Å²) < 4.78 is 0. The van der Waals surface area contributed by atoms with Gasteiger partial charge in [0.2, 0.25) is 5.91 Å². The smallest absolute Gasteiger partial charge is 0.321 e. The summed E-state index contributed by atoms with van der Waals surface area (Å²) in [7, 11) is 0. The van der Waals surface area contributed by atoms with Crippen LogP contribution in [-0.2, 0) is 4.79 Å². The molecule has 0 aliphatic carbocycles. The van der Waals surface area contributed by atoms with Crippen molar-refractivity contribution in [2.75, 3.05) is 30.7 Å². The van der Waals surface area contributed by atoms with Gasteiger partial charge in [-0.05, 0) is 25.0 Å². The number of hydrogen-bond donors (Lipinski definition) is 1. The van der Waals surface area contributed by atoms with Crippen LogP contribution in [0.15, 0.2) is 18.2 Å². The van der Waals surface area contributed by atoms with E-state index in [1.54, 1.807) is 23.1 Å². The molecule has 0 unspecified atom stereocenters. The minimum absolute atomic E-state index is 0.00531. The molecule has 1 aromatic rings. The predicted molar refractivity (Wildman–Crippen MR) is 108 cm³/mol. The highest BCUT2D eigenvalue weighted by atomic mass is 35.5. The highest BCUT2D eigenvalue weighted by molar-refractivity contribution is 8.00. The van der Waals surface area contributed by atoms with Gasteiger partial charge in [0.15, 0.2) is 0 Å². The van der Waals surface area contributed by atoms with Gasteiger partial charge < -0.3 is 15.1 Å². The molecule has 26 heavy (non-hydrogen) atoms. The van der Waals surface area contributed by atoms with E-state index in [0.29, 0.717) is 28.8 Å². The van der Waals surface area contributed by atoms with E-state index < -0.39 is 0 Å². The van der Waals surface area contributed by atoms with Gasteiger partial charge in [0.1, 0.15) is 0 Å². The zero-order chi connectivity index (χ0) is 18.9. The lowest BCUT2D eigenvalue weighted by Gasteiger charge is -2.44. The summed E-state index contributed by atoms with van der Waals surface area (Å²) in [6.45, 7) is 5.87. The largest absolute Gasteiger partial charge is 0.327 e. The number of para-hydroxylation sites is 1. The molecule has 2 saturated heterocycles. The molecule has 0 saturated carbocycles. The predicted octanol–water partition coefficient (Wildman–Crippen LogP) is 4.55. The number of rotatable bonds is 2. The third kappa shape index (κ3) is 3.78. The van der Waals surface area contributed by atoms with E-state index in [1.807, 2.05) is 30.5 Å². The van der Waals surface area contributed by atoms with Crippen molar-refractivity contribution in [1.29, 1.82) is 0 Å². The molecule has 3 rings (SSSR count). The molecule has 0 radical (unpaired) electrons. The lowest BCUT2D eigenvalue weighted by molar-refractivity contribution is -0.137. The van der Waals surface area contributed by atoms with Crippen molar-refractivity contribution >= 4 is 52.6 Å².